The van der Waals surface area contributed by atoms with Crippen LogP contribution in [0.5, 0.6) is 11.5 Å². The molecular formula is C16H13ClN2O4. The van der Waals surface area contributed by atoms with E-state index in [1.165, 1.54) is 6.07 Å². The minimum Gasteiger partial charge on any atom is -0.454 e. The normalized spacial score (nSPS) is 11.9. The van der Waals surface area contributed by atoms with Crippen LogP contribution in [0, 0.1) is 6.92 Å². The second-order valence-electron chi connectivity index (χ2n) is 4.89. The Balaban J connectivity index is 1.68. The van der Waals surface area contributed by atoms with Crippen molar-refractivity contribution >= 4 is 29.2 Å². The lowest BCUT2D eigenvalue weighted by atomic mass is 10.2. The van der Waals surface area contributed by atoms with Crippen LogP contribution < -0.4 is 20.1 Å². The van der Waals surface area contributed by atoms with Crippen molar-refractivity contribution in [1.29, 1.82) is 0 Å². The first-order valence-corrected chi connectivity index (χ1v) is 7.19. The second kappa shape index (κ2) is 6.18. The van der Waals surface area contributed by atoms with Crippen molar-refractivity contribution in [2.75, 3.05) is 12.1 Å². The monoisotopic (exact) mass is 332 g/mol. The van der Waals surface area contributed by atoms with E-state index in [1.54, 1.807) is 37.3 Å². The molecule has 1 aliphatic heterocycles. The van der Waals surface area contributed by atoms with Crippen LogP contribution in [-0.4, -0.2) is 18.7 Å². The highest BCUT2D eigenvalue weighted by atomic mass is 35.5. The summed E-state index contributed by atoms with van der Waals surface area (Å²) in [5.74, 6) is 0.504. The Hall–Kier alpha value is -2.73. The Bertz CT molecular complexity index is 792. The first kappa shape index (κ1) is 15.2. The number of carbonyl (C=O) groups is 2. The average molecular weight is 333 g/mol. The summed E-state index contributed by atoms with van der Waals surface area (Å²) >= 11 is 5.99. The van der Waals surface area contributed by atoms with E-state index in [1.807, 2.05) is 0 Å². The zero-order valence-electron chi connectivity index (χ0n) is 12.2. The van der Waals surface area contributed by atoms with Crippen molar-refractivity contribution in [3.05, 3.63) is 52.5 Å². The van der Waals surface area contributed by atoms with E-state index in [4.69, 9.17) is 21.1 Å². The van der Waals surface area contributed by atoms with Gasteiger partial charge >= 0.3 is 6.03 Å². The molecule has 118 valence electrons. The van der Waals surface area contributed by atoms with E-state index in [0.29, 0.717) is 27.8 Å². The number of halogens is 1. The summed E-state index contributed by atoms with van der Waals surface area (Å²) in [5, 5.41) is 5.38. The van der Waals surface area contributed by atoms with E-state index in [-0.39, 0.29) is 6.79 Å². The number of urea groups is 1. The second-order valence-corrected chi connectivity index (χ2v) is 5.30. The van der Waals surface area contributed by atoms with Crippen molar-refractivity contribution in [3.8, 4) is 11.5 Å². The Morgan fingerprint density at radius 1 is 1.13 bits per heavy atom. The molecule has 1 heterocycles. The molecule has 0 atom stereocenters. The molecular weight excluding hydrogens is 320 g/mol. The van der Waals surface area contributed by atoms with Gasteiger partial charge in [-0.05, 0) is 42.8 Å². The molecule has 6 nitrogen and oxygen atoms in total. The number of benzene rings is 2. The third kappa shape index (κ3) is 3.22. The third-order valence-electron chi connectivity index (χ3n) is 3.38. The number of ether oxygens (including phenoxy) is 2. The van der Waals surface area contributed by atoms with Gasteiger partial charge in [0.1, 0.15) is 0 Å². The maximum absolute atomic E-state index is 12.1. The Kier molecular flexibility index (Phi) is 4.08. The van der Waals surface area contributed by atoms with Crippen LogP contribution in [0.25, 0.3) is 0 Å². The molecule has 2 aromatic carbocycles. The number of amides is 3. The molecule has 0 aliphatic carbocycles. The maximum atomic E-state index is 12.1. The topological polar surface area (TPSA) is 76.7 Å². The molecule has 0 saturated carbocycles. The summed E-state index contributed by atoms with van der Waals surface area (Å²) in [6, 6.07) is 9.19. The fraction of sp³-hybridized carbons (Fsp3) is 0.125. The number of imide groups is 1. The smallest absolute Gasteiger partial charge is 0.326 e. The molecule has 3 amide bonds. The first-order chi connectivity index (χ1) is 11.0. The van der Waals surface area contributed by atoms with Gasteiger partial charge in [-0.2, -0.15) is 0 Å². The van der Waals surface area contributed by atoms with Crippen molar-refractivity contribution in [3.63, 3.8) is 0 Å². The Labute approximate surface area is 137 Å². The van der Waals surface area contributed by atoms with Gasteiger partial charge < -0.3 is 14.8 Å². The SMILES string of the molecule is Cc1c(Cl)cccc1NC(=O)NC(=O)c1ccc2c(c1)OCO2. The average Bonchev–Trinajstić information content (AvgIpc) is 2.99. The standard InChI is InChI=1S/C16H13ClN2O4/c1-9-11(17)3-2-4-12(9)18-16(21)19-15(20)10-5-6-13-14(7-10)23-8-22-13/h2-7H,8H2,1H3,(H2,18,19,20,21). The number of carbonyl (C=O) groups excluding carboxylic acids is 2. The number of anilines is 1. The molecule has 0 radical (unpaired) electrons. The number of fused-ring (bicyclic) bond motifs is 1. The fourth-order valence-electron chi connectivity index (χ4n) is 2.11. The van der Waals surface area contributed by atoms with Crippen LogP contribution in [0.1, 0.15) is 15.9 Å². The number of hydrogen-bond donors (Lipinski definition) is 2. The maximum Gasteiger partial charge on any atom is 0.326 e. The molecule has 3 rings (SSSR count). The van der Waals surface area contributed by atoms with Crippen LogP contribution in [0.4, 0.5) is 10.5 Å². The van der Waals surface area contributed by atoms with Gasteiger partial charge in [0.15, 0.2) is 11.5 Å². The summed E-state index contributed by atoms with van der Waals surface area (Å²) in [5.41, 5.74) is 1.56. The molecule has 0 saturated heterocycles. The highest BCUT2D eigenvalue weighted by molar-refractivity contribution is 6.31. The summed E-state index contributed by atoms with van der Waals surface area (Å²) in [7, 11) is 0. The van der Waals surface area contributed by atoms with Gasteiger partial charge in [-0.25, -0.2) is 4.79 Å². The van der Waals surface area contributed by atoms with Crippen LogP contribution in [0.3, 0.4) is 0 Å². The molecule has 0 bridgehead atoms. The molecule has 1 aliphatic rings. The number of rotatable bonds is 2. The zero-order chi connectivity index (χ0) is 16.4. The van der Waals surface area contributed by atoms with Crippen LogP contribution in [0.2, 0.25) is 5.02 Å². The largest absolute Gasteiger partial charge is 0.454 e. The lowest BCUT2D eigenvalue weighted by Crippen LogP contribution is -2.34. The minimum absolute atomic E-state index is 0.120. The minimum atomic E-state index is -0.641. The van der Waals surface area contributed by atoms with Crippen LogP contribution >= 0.6 is 11.6 Å². The first-order valence-electron chi connectivity index (χ1n) is 6.81. The summed E-state index contributed by atoms with van der Waals surface area (Å²) < 4.78 is 10.4. The van der Waals surface area contributed by atoms with E-state index in [2.05, 4.69) is 10.6 Å². The van der Waals surface area contributed by atoms with Crippen LogP contribution in [0.15, 0.2) is 36.4 Å². The predicted octanol–water partition coefficient (Wildman–Crippen LogP) is 3.34. The van der Waals surface area contributed by atoms with Gasteiger partial charge in [0.2, 0.25) is 6.79 Å². The number of hydrogen-bond acceptors (Lipinski definition) is 4. The van der Waals surface area contributed by atoms with Gasteiger partial charge in [0, 0.05) is 16.3 Å². The highest BCUT2D eigenvalue weighted by Gasteiger charge is 2.17. The molecule has 2 aromatic rings. The van der Waals surface area contributed by atoms with Crippen molar-refractivity contribution < 1.29 is 19.1 Å². The molecule has 0 fully saturated rings. The van der Waals surface area contributed by atoms with Crippen molar-refractivity contribution in [1.82, 2.24) is 5.32 Å². The summed E-state index contributed by atoms with van der Waals surface area (Å²) in [4.78, 5) is 24.1. The Morgan fingerprint density at radius 2 is 1.91 bits per heavy atom. The summed E-state index contributed by atoms with van der Waals surface area (Å²) in [6.07, 6.45) is 0. The highest BCUT2D eigenvalue weighted by Crippen LogP contribution is 2.32. The van der Waals surface area contributed by atoms with Crippen molar-refractivity contribution in [2.24, 2.45) is 0 Å². The molecule has 0 spiro atoms. The van der Waals surface area contributed by atoms with Gasteiger partial charge in [0.25, 0.3) is 5.91 Å². The fourth-order valence-corrected chi connectivity index (χ4v) is 2.28. The van der Waals surface area contributed by atoms with Crippen molar-refractivity contribution in [2.45, 2.75) is 6.92 Å². The van der Waals surface area contributed by atoms with E-state index >= 15 is 0 Å². The van der Waals surface area contributed by atoms with Gasteiger partial charge in [0.05, 0.1) is 0 Å². The molecule has 23 heavy (non-hydrogen) atoms. The molecule has 0 aromatic heterocycles. The van der Waals surface area contributed by atoms with Gasteiger partial charge in [-0.1, -0.05) is 17.7 Å². The van der Waals surface area contributed by atoms with Crippen LogP contribution in [-0.2, 0) is 0 Å². The zero-order valence-corrected chi connectivity index (χ0v) is 12.9. The lowest BCUT2D eigenvalue weighted by Gasteiger charge is -2.10. The lowest BCUT2D eigenvalue weighted by molar-refractivity contribution is 0.0966. The van der Waals surface area contributed by atoms with E-state index in [9.17, 15) is 9.59 Å². The third-order valence-corrected chi connectivity index (χ3v) is 3.79. The molecule has 7 heteroatoms. The Morgan fingerprint density at radius 3 is 2.74 bits per heavy atom. The number of nitrogens with one attached hydrogen (secondary N) is 2. The molecule has 2 N–H and O–H groups in total. The van der Waals surface area contributed by atoms with Gasteiger partial charge in [-0.3, -0.25) is 10.1 Å². The van der Waals surface area contributed by atoms with E-state index < -0.39 is 11.9 Å². The summed E-state index contributed by atoms with van der Waals surface area (Å²) in [6.45, 7) is 1.90. The molecule has 0 unspecified atom stereocenters. The quantitative estimate of drug-likeness (QED) is 0.884. The van der Waals surface area contributed by atoms with E-state index in [0.717, 1.165) is 5.56 Å². The van der Waals surface area contributed by atoms with Gasteiger partial charge in [-0.15, -0.1) is 0 Å². The predicted molar refractivity (Wildman–Crippen MR) is 85.2 cm³/mol.